The fourth-order valence-electron chi connectivity index (χ4n) is 1.41. The molecule has 1 fully saturated rings. The molecule has 0 aromatic carbocycles. The van der Waals surface area contributed by atoms with Crippen LogP contribution in [0.4, 0.5) is 0 Å². The summed E-state index contributed by atoms with van der Waals surface area (Å²) in [5.74, 6) is 0. The number of allylic oxidation sites excluding steroid dienone is 6. The van der Waals surface area contributed by atoms with E-state index in [9.17, 15) is 0 Å². The maximum absolute atomic E-state index is 2.25. The van der Waals surface area contributed by atoms with E-state index in [-0.39, 0.29) is 0 Å². The summed E-state index contributed by atoms with van der Waals surface area (Å²) in [7, 11) is 0. The number of hydrogen-bond donors (Lipinski definition) is 0. The van der Waals surface area contributed by atoms with Gasteiger partial charge in [-0.05, 0) is 33.1 Å². The molecule has 0 heteroatoms. The molecule has 0 N–H and O–H groups in total. The maximum atomic E-state index is 2.25. The monoisotopic (exact) mass is 148 g/mol. The highest BCUT2D eigenvalue weighted by Gasteiger charge is 2.09. The fraction of sp³-hybridized carbons (Fsp3) is 0.455. The van der Waals surface area contributed by atoms with Gasteiger partial charge in [-0.1, -0.05) is 35.5 Å². The average molecular weight is 148 g/mol. The number of hydrogen-bond acceptors (Lipinski definition) is 0. The number of rotatable bonds is 1. The molecule has 0 radical (unpaired) electrons. The van der Waals surface area contributed by atoms with Crippen LogP contribution in [-0.2, 0) is 0 Å². The minimum atomic E-state index is 1.21. The molecule has 0 bridgehead atoms. The van der Waals surface area contributed by atoms with Gasteiger partial charge in [0.05, 0.1) is 0 Å². The minimum absolute atomic E-state index is 1.21. The van der Waals surface area contributed by atoms with Crippen LogP contribution in [0.2, 0.25) is 0 Å². The Hall–Kier alpha value is -0.780. The molecule has 60 valence electrons. The van der Waals surface area contributed by atoms with E-state index in [0.717, 1.165) is 0 Å². The van der Waals surface area contributed by atoms with E-state index in [2.05, 4.69) is 38.2 Å². The Morgan fingerprint density at radius 3 is 2.36 bits per heavy atom. The molecule has 0 aromatic heterocycles. The lowest BCUT2D eigenvalue weighted by Crippen LogP contribution is -1.69. The van der Waals surface area contributed by atoms with Crippen molar-refractivity contribution in [1.82, 2.24) is 0 Å². The first-order valence-electron chi connectivity index (χ1n) is 4.31. The van der Waals surface area contributed by atoms with Crippen LogP contribution in [-0.4, -0.2) is 0 Å². The van der Waals surface area contributed by atoms with E-state index in [1.807, 2.05) is 0 Å². The zero-order valence-corrected chi connectivity index (χ0v) is 7.43. The zero-order valence-electron chi connectivity index (χ0n) is 7.43. The molecule has 0 aromatic rings. The Labute approximate surface area is 69.3 Å². The first-order chi connectivity index (χ1) is 5.36. The average Bonchev–Trinajstić information content (AvgIpc) is 2.48. The third kappa shape index (κ3) is 2.38. The summed E-state index contributed by atoms with van der Waals surface area (Å²) in [6, 6.07) is 0. The first kappa shape index (κ1) is 8.32. The van der Waals surface area contributed by atoms with Gasteiger partial charge in [-0.3, -0.25) is 0 Å². The Bertz CT molecular complexity index is 204. The van der Waals surface area contributed by atoms with Crippen molar-refractivity contribution in [1.29, 1.82) is 0 Å². The van der Waals surface area contributed by atoms with Gasteiger partial charge in [-0.15, -0.1) is 0 Å². The van der Waals surface area contributed by atoms with Gasteiger partial charge in [0.25, 0.3) is 0 Å². The molecule has 0 spiro atoms. The van der Waals surface area contributed by atoms with Crippen molar-refractivity contribution in [2.75, 3.05) is 0 Å². The molecule has 11 heavy (non-hydrogen) atoms. The molecule has 0 aliphatic heterocycles. The smallest absolute Gasteiger partial charge is 0.0105 e. The summed E-state index contributed by atoms with van der Waals surface area (Å²) in [5, 5.41) is 0. The summed E-state index contributed by atoms with van der Waals surface area (Å²) < 4.78 is 0. The van der Waals surface area contributed by atoms with Crippen molar-refractivity contribution in [3.05, 3.63) is 35.5 Å². The fourth-order valence-corrected chi connectivity index (χ4v) is 1.41. The summed E-state index contributed by atoms with van der Waals surface area (Å²) >= 11 is 0. The Morgan fingerprint density at radius 1 is 1.09 bits per heavy atom. The standard InChI is InChI=1S/C11H16/c1-3-5-6-11-8-7-10(4-2)9-11/h3-6H,7-9H2,1-2H3/b5-3-,10-4-,11-6-. The minimum Gasteiger partial charge on any atom is -0.0881 e. The predicted molar refractivity (Wildman–Crippen MR) is 50.5 cm³/mol. The van der Waals surface area contributed by atoms with Crippen LogP contribution in [0.1, 0.15) is 33.1 Å². The molecule has 1 aliphatic carbocycles. The second-order valence-electron chi connectivity index (χ2n) is 2.97. The van der Waals surface area contributed by atoms with E-state index >= 15 is 0 Å². The van der Waals surface area contributed by atoms with Gasteiger partial charge < -0.3 is 0 Å². The van der Waals surface area contributed by atoms with Crippen LogP contribution in [0.5, 0.6) is 0 Å². The summed E-state index contributed by atoms with van der Waals surface area (Å²) in [6.07, 6.45) is 12.5. The lowest BCUT2D eigenvalue weighted by Gasteiger charge is -1.90. The van der Waals surface area contributed by atoms with Crippen LogP contribution < -0.4 is 0 Å². The molecule has 0 atom stereocenters. The first-order valence-corrected chi connectivity index (χ1v) is 4.31. The Kier molecular flexibility index (Phi) is 3.15. The molecule has 0 heterocycles. The van der Waals surface area contributed by atoms with E-state index in [0.29, 0.717) is 0 Å². The summed E-state index contributed by atoms with van der Waals surface area (Å²) in [5.41, 5.74) is 3.18. The second-order valence-corrected chi connectivity index (χ2v) is 2.97. The van der Waals surface area contributed by atoms with Crippen LogP contribution in [0.3, 0.4) is 0 Å². The van der Waals surface area contributed by atoms with Crippen molar-refractivity contribution in [2.24, 2.45) is 0 Å². The van der Waals surface area contributed by atoms with E-state index in [1.54, 1.807) is 11.1 Å². The highest BCUT2D eigenvalue weighted by atomic mass is 14.1. The van der Waals surface area contributed by atoms with Crippen LogP contribution in [0, 0.1) is 0 Å². The van der Waals surface area contributed by atoms with Gasteiger partial charge in [0, 0.05) is 0 Å². The third-order valence-electron chi connectivity index (χ3n) is 2.15. The quantitative estimate of drug-likeness (QED) is 0.498. The lowest BCUT2D eigenvalue weighted by molar-refractivity contribution is 1.05. The second kappa shape index (κ2) is 4.17. The summed E-state index contributed by atoms with van der Waals surface area (Å²) in [4.78, 5) is 0. The Balaban J connectivity index is 2.54. The maximum Gasteiger partial charge on any atom is -0.0105 e. The summed E-state index contributed by atoms with van der Waals surface area (Å²) in [6.45, 7) is 4.19. The van der Waals surface area contributed by atoms with E-state index in [4.69, 9.17) is 0 Å². The lowest BCUT2D eigenvalue weighted by atomic mass is 10.2. The molecular weight excluding hydrogens is 132 g/mol. The van der Waals surface area contributed by atoms with Gasteiger partial charge in [0.15, 0.2) is 0 Å². The van der Waals surface area contributed by atoms with E-state index < -0.39 is 0 Å². The van der Waals surface area contributed by atoms with Gasteiger partial charge in [0.2, 0.25) is 0 Å². The highest BCUT2D eigenvalue weighted by molar-refractivity contribution is 5.25. The molecule has 1 rings (SSSR count). The van der Waals surface area contributed by atoms with Crippen LogP contribution >= 0.6 is 0 Å². The van der Waals surface area contributed by atoms with Gasteiger partial charge in [-0.2, -0.15) is 0 Å². The predicted octanol–water partition coefficient (Wildman–Crippen LogP) is 3.62. The van der Waals surface area contributed by atoms with Crippen molar-refractivity contribution in [3.63, 3.8) is 0 Å². The van der Waals surface area contributed by atoms with Crippen molar-refractivity contribution in [3.8, 4) is 0 Å². The normalized spacial score (nSPS) is 26.0. The molecule has 0 saturated heterocycles. The van der Waals surface area contributed by atoms with Gasteiger partial charge in [0.1, 0.15) is 0 Å². The molecule has 0 amide bonds. The van der Waals surface area contributed by atoms with E-state index in [1.165, 1.54) is 19.3 Å². The van der Waals surface area contributed by atoms with Crippen molar-refractivity contribution in [2.45, 2.75) is 33.1 Å². The molecule has 1 aliphatic rings. The third-order valence-corrected chi connectivity index (χ3v) is 2.15. The van der Waals surface area contributed by atoms with Gasteiger partial charge >= 0.3 is 0 Å². The zero-order chi connectivity index (χ0) is 8.10. The SMILES string of the molecule is C/C=C\C=C1\CC/C(=C/C)C1. The van der Waals surface area contributed by atoms with Gasteiger partial charge in [-0.25, -0.2) is 0 Å². The molecule has 1 saturated carbocycles. The van der Waals surface area contributed by atoms with Crippen LogP contribution in [0.15, 0.2) is 35.5 Å². The largest absolute Gasteiger partial charge is 0.0881 e. The molecular formula is C11H16. The Morgan fingerprint density at radius 2 is 1.82 bits per heavy atom. The molecule has 0 unspecified atom stereocenters. The highest BCUT2D eigenvalue weighted by Crippen LogP contribution is 2.29. The van der Waals surface area contributed by atoms with Crippen LogP contribution in [0.25, 0.3) is 0 Å². The molecule has 0 nitrogen and oxygen atoms in total. The topological polar surface area (TPSA) is 0 Å². The van der Waals surface area contributed by atoms with Crippen molar-refractivity contribution >= 4 is 0 Å². The van der Waals surface area contributed by atoms with Crippen molar-refractivity contribution < 1.29 is 0 Å².